The topological polar surface area (TPSA) is 122 Å². The van der Waals surface area contributed by atoms with E-state index in [0.29, 0.717) is 18.8 Å². The quantitative estimate of drug-likeness (QED) is 0.520. The van der Waals surface area contributed by atoms with Gasteiger partial charge in [0.05, 0.1) is 5.56 Å². The Bertz CT molecular complexity index is 1240. The van der Waals surface area contributed by atoms with Crippen molar-refractivity contribution < 1.29 is 40.0 Å². The predicted molar refractivity (Wildman–Crippen MR) is 108 cm³/mol. The molecule has 3 aliphatic heterocycles. The number of alkyl halides is 3. The van der Waals surface area contributed by atoms with Crippen molar-refractivity contribution in [2.75, 3.05) is 19.8 Å². The minimum atomic E-state index is -5.86. The van der Waals surface area contributed by atoms with Crippen molar-refractivity contribution in [2.24, 2.45) is 10.7 Å². The van der Waals surface area contributed by atoms with Crippen LogP contribution in [-0.4, -0.2) is 44.8 Å². The number of pyridine rings is 1. The Hall–Kier alpha value is -3.06. The summed E-state index contributed by atoms with van der Waals surface area (Å²) >= 11 is 0. The number of halogens is 3. The third-order valence-corrected chi connectivity index (χ3v) is 6.81. The fraction of sp³-hybridized carbons (Fsp3) is 0.400. The lowest BCUT2D eigenvalue weighted by Crippen LogP contribution is -2.32. The number of ether oxygens (including phenoxy) is 3. The highest BCUT2D eigenvalue weighted by Crippen LogP contribution is 2.51. The lowest BCUT2D eigenvalue weighted by Gasteiger charge is -2.33. The largest absolute Gasteiger partial charge is 0.534 e. The van der Waals surface area contributed by atoms with E-state index < -0.39 is 26.9 Å². The van der Waals surface area contributed by atoms with Crippen molar-refractivity contribution in [3.8, 4) is 17.4 Å². The van der Waals surface area contributed by atoms with E-state index >= 15 is 0 Å². The molecule has 3 aliphatic rings. The SMILES string of the molecule is NC1=NC2(CO1)c1cc(OS(=O)(=O)C(F)(F)F)ccc1Oc1ncc(C3CCOCC3)cc12. The number of fused-ring (bicyclic) bond motifs is 4. The molecule has 1 aromatic carbocycles. The maximum absolute atomic E-state index is 12.8. The first-order valence-electron chi connectivity index (χ1n) is 9.98. The standard InChI is InChI=1S/C20H18F3N3O6S/c21-20(22,23)33(27,28)32-13-1-2-16-14(8-13)19(10-30-18(24)26-19)15-7-12(9-25-17(15)31-16)11-3-5-29-6-4-11/h1-2,7-9,11H,3-6,10H2,(H2,24,26). The van der Waals surface area contributed by atoms with Gasteiger partial charge in [0.15, 0.2) is 5.54 Å². The molecule has 1 unspecified atom stereocenters. The first kappa shape index (κ1) is 21.8. The van der Waals surface area contributed by atoms with E-state index in [-0.39, 0.29) is 35.7 Å². The van der Waals surface area contributed by atoms with E-state index in [1.54, 1.807) is 6.20 Å². The smallest absolute Gasteiger partial charge is 0.462 e. The van der Waals surface area contributed by atoms with Crippen LogP contribution in [0.25, 0.3) is 0 Å². The van der Waals surface area contributed by atoms with Crippen molar-refractivity contribution >= 4 is 16.1 Å². The summed E-state index contributed by atoms with van der Waals surface area (Å²) in [6.07, 6.45) is 3.32. The minimum absolute atomic E-state index is 0.0728. The van der Waals surface area contributed by atoms with Gasteiger partial charge in [-0.2, -0.15) is 21.6 Å². The van der Waals surface area contributed by atoms with Gasteiger partial charge < -0.3 is 24.1 Å². The summed E-state index contributed by atoms with van der Waals surface area (Å²) < 4.78 is 82.4. The van der Waals surface area contributed by atoms with E-state index in [4.69, 9.17) is 19.9 Å². The third kappa shape index (κ3) is 3.64. The molecule has 13 heteroatoms. The summed E-state index contributed by atoms with van der Waals surface area (Å²) in [4.78, 5) is 8.88. The van der Waals surface area contributed by atoms with Crippen LogP contribution in [0.15, 0.2) is 35.5 Å². The van der Waals surface area contributed by atoms with Gasteiger partial charge in [-0.3, -0.25) is 0 Å². The molecule has 5 rings (SSSR count). The molecule has 1 fully saturated rings. The summed E-state index contributed by atoms with van der Waals surface area (Å²) in [5.41, 5.74) is 0.622. The van der Waals surface area contributed by atoms with E-state index in [9.17, 15) is 21.6 Å². The van der Waals surface area contributed by atoms with Gasteiger partial charge >= 0.3 is 15.6 Å². The Morgan fingerprint density at radius 1 is 1.15 bits per heavy atom. The van der Waals surface area contributed by atoms with Crippen molar-refractivity contribution in [3.05, 3.63) is 47.2 Å². The molecule has 9 nitrogen and oxygen atoms in total. The second kappa shape index (κ2) is 7.48. The molecule has 0 aliphatic carbocycles. The maximum atomic E-state index is 12.8. The van der Waals surface area contributed by atoms with E-state index in [0.717, 1.165) is 30.5 Å². The van der Waals surface area contributed by atoms with Gasteiger partial charge in [-0.25, -0.2) is 9.98 Å². The van der Waals surface area contributed by atoms with Gasteiger partial charge in [-0.1, -0.05) is 0 Å². The van der Waals surface area contributed by atoms with Crippen molar-refractivity contribution in [1.29, 1.82) is 0 Å². The van der Waals surface area contributed by atoms with Crippen LogP contribution in [0.5, 0.6) is 17.4 Å². The average molecular weight is 485 g/mol. The second-order valence-corrected chi connectivity index (χ2v) is 9.39. The van der Waals surface area contributed by atoms with E-state index in [1.807, 2.05) is 6.07 Å². The number of benzene rings is 1. The predicted octanol–water partition coefficient (Wildman–Crippen LogP) is 2.90. The Labute approximate surface area is 186 Å². The number of hydrogen-bond donors (Lipinski definition) is 1. The molecule has 33 heavy (non-hydrogen) atoms. The first-order chi connectivity index (χ1) is 15.6. The van der Waals surface area contributed by atoms with Crippen LogP contribution in [0.3, 0.4) is 0 Å². The molecule has 0 saturated carbocycles. The number of rotatable bonds is 3. The third-order valence-electron chi connectivity index (χ3n) is 5.83. The molecular weight excluding hydrogens is 467 g/mol. The molecular formula is C20H18F3N3O6S. The molecule has 1 saturated heterocycles. The van der Waals surface area contributed by atoms with E-state index in [2.05, 4.69) is 14.2 Å². The number of hydrogen-bond acceptors (Lipinski definition) is 9. The van der Waals surface area contributed by atoms with Gasteiger partial charge in [-0.15, -0.1) is 0 Å². The molecule has 0 amide bonds. The monoisotopic (exact) mass is 485 g/mol. The highest BCUT2D eigenvalue weighted by molar-refractivity contribution is 7.88. The summed E-state index contributed by atoms with van der Waals surface area (Å²) in [6.45, 7) is 1.17. The van der Waals surface area contributed by atoms with Crippen LogP contribution >= 0.6 is 0 Å². The summed E-state index contributed by atoms with van der Waals surface area (Å²) in [7, 11) is -5.86. The summed E-state index contributed by atoms with van der Waals surface area (Å²) in [6, 6.07) is 5.22. The Morgan fingerprint density at radius 2 is 1.91 bits per heavy atom. The summed E-state index contributed by atoms with van der Waals surface area (Å²) in [5, 5.41) is 0. The van der Waals surface area contributed by atoms with Gasteiger partial charge in [-0.05, 0) is 48.6 Å². The molecule has 176 valence electrons. The molecule has 2 aromatic rings. The second-order valence-electron chi connectivity index (χ2n) is 7.85. The zero-order valence-corrected chi connectivity index (χ0v) is 17.8. The van der Waals surface area contributed by atoms with E-state index in [1.165, 1.54) is 6.07 Å². The molecule has 1 spiro atoms. The molecule has 2 N–H and O–H groups in total. The van der Waals surface area contributed by atoms with Crippen LogP contribution in [0, 0.1) is 0 Å². The molecule has 0 radical (unpaired) electrons. The highest BCUT2D eigenvalue weighted by Gasteiger charge is 2.50. The molecule has 1 aromatic heterocycles. The lowest BCUT2D eigenvalue weighted by atomic mass is 9.80. The fourth-order valence-corrected chi connectivity index (χ4v) is 4.65. The molecule has 1 atom stereocenters. The number of nitrogens with two attached hydrogens (primary N) is 1. The summed E-state index contributed by atoms with van der Waals surface area (Å²) in [5.74, 6) is 0.113. The number of nitrogens with zero attached hydrogens (tertiary/aromatic N) is 2. The average Bonchev–Trinajstić information content (AvgIpc) is 3.16. The van der Waals surface area contributed by atoms with Gasteiger partial charge in [0.25, 0.3) is 6.02 Å². The minimum Gasteiger partial charge on any atom is -0.462 e. The van der Waals surface area contributed by atoms with Crippen molar-refractivity contribution in [2.45, 2.75) is 29.8 Å². The van der Waals surface area contributed by atoms with Crippen LogP contribution in [-0.2, 0) is 25.1 Å². The number of aromatic nitrogens is 1. The van der Waals surface area contributed by atoms with Crippen molar-refractivity contribution in [3.63, 3.8) is 0 Å². The van der Waals surface area contributed by atoms with Gasteiger partial charge in [0.1, 0.15) is 18.1 Å². The van der Waals surface area contributed by atoms with Crippen LogP contribution < -0.4 is 14.7 Å². The van der Waals surface area contributed by atoms with Crippen LogP contribution in [0.1, 0.15) is 35.4 Å². The zero-order chi connectivity index (χ0) is 23.4. The van der Waals surface area contributed by atoms with Crippen LogP contribution in [0.2, 0.25) is 0 Å². The first-order valence-corrected chi connectivity index (χ1v) is 11.4. The lowest BCUT2D eigenvalue weighted by molar-refractivity contribution is -0.0500. The van der Waals surface area contributed by atoms with Gasteiger partial charge in [0.2, 0.25) is 5.88 Å². The Balaban J connectivity index is 1.61. The zero-order valence-electron chi connectivity index (χ0n) is 17.0. The molecule has 0 bridgehead atoms. The number of aliphatic imine (C=N–C) groups is 1. The highest BCUT2D eigenvalue weighted by atomic mass is 32.2. The normalized spacial score (nSPS) is 22.7. The Morgan fingerprint density at radius 3 is 2.58 bits per heavy atom. The van der Waals surface area contributed by atoms with Gasteiger partial charge in [0, 0.05) is 25.0 Å². The number of amidine groups is 1. The maximum Gasteiger partial charge on any atom is 0.534 e. The Kier molecular flexibility index (Phi) is 4.94. The fourth-order valence-electron chi connectivity index (χ4n) is 4.20. The van der Waals surface area contributed by atoms with Crippen molar-refractivity contribution in [1.82, 2.24) is 4.98 Å². The molecule has 4 heterocycles. The van der Waals surface area contributed by atoms with Crippen LogP contribution in [0.4, 0.5) is 13.2 Å².